The van der Waals surface area contributed by atoms with Crippen LogP contribution in [0.2, 0.25) is 0 Å². The van der Waals surface area contributed by atoms with Crippen molar-refractivity contribution < 1.29 is 23.1 Å². The molecule has 2 rings (SSSR count). The van der Waals surface area contributed by atoms with Crippen LogP contribution in [-0.2, 0) is 12.7 Å². The summed E-state index contributed by atoms with van der Waals surface area (Å²) >= 11 is 1.29. The highest BCUT2D eigenvalue weighted by Crippen LogP contribution is 2.32. The minimum absolute atomic E-state index is 0.119. The number of carboxylic acids is 1. The molecule has 18 heavy (non-hydrogen) atoms. The number of carboxylic acid groups (broad SMARTS) is 1. The van der Waals surface area contributed by atoms with Crippen molar-refractivity contribution in [3.63, 3.8) is 0 Å². The largest absolute Gasteiger partial charge is 0.478 e. The molecule has 96 valence electrons. The summed E-state index contributed by atoms with van der Waals surface area (Å²) in [6, 6.07) is 0. The molecule has 2 aromatic heterocycles. The lowest BCUT2D eigenvalue weighted by Gasteiger charge is -2.04. The zero-order valence-corrected chi connectivity index (χ0v) is 9.63. The molecule has 0 aliphatic carbocycles. The van der Waals surface area contributed by atoms with E-state index in [1.807, 2.05) is 0 Å². The Morgan fingerprint density at radius 2 is 2.17 bits per heavy atom. The highest BCUT2D eigenvalue weighted by atomic mass is 32.1. The molecule has 8 heteroatoms. The van der Waals surface area contributed by atoms with Gasteiger partial charge in [-0.15, -0.1) is 11.3 Å². The molecular weight excluding hydrogens is 269 g/mol. The van der Waals surface area contributed by atoms with Crippen LogP contribution in [0.1, 0.15) is 20.9 Å². The highest BCUT2D eigenvalue weighted by molar-refractivity contribution is 7.09. The Balaban J connectivity index is 2.37. The van der Waals surface area contributed by atoms with Crippen LogP contribution < -0.4 is 0 Å². The molecule has 0 atom stereocenters. The number of hydrogen-bond acceptors (Lipinski definition) is 3. The molecule has 0 aromatic carbocycles. The molecule has 0 saturated heterocycles. The van der Waals surface area contributed by atoms with E-state index >= 15 is 0 Å². The molecule has 0 amide bonds. The molecule has 0 aliphatic heterocycles. The van der Waals surface area contributed by atoms with Crippen molar-refractivity contribution in [3.05, 3.63) is 40.1 Å². The maximum atomic E-state index is 12.6. The van der Waals surface area contributed by atoms with Gasteiger partial charge in [0.2, 0.25) is 0 Å². The predicted octanol–water partition coefficient (Wildman–Crippen LogP) is 2.71. The number of alkyl halides is 3. The van der Waals surface area contributed by atoms with Crippen LogP contribution in [0.15, 0.2) is 24.0 Å². The summed E-state index contributed by atoms with van der Waals surface area (Å²) in [7, 11) is 0. The van der Waals surface area contributed by atoms with E-state index in [-0.39, 0.29) is 6.54 Å². The minimum Gasteiger partial charge on any atom is -0.478 e. The quantitative estimate of drug-likeness (QED) is 0.937. The molecule has 0 aliphatic rings. The first-order valence-electron chi connectivity index (χ1n) is 4.76. The summed E-state index contributed by atoms with van der Waals surface area (Å²) in [5.74, 6) is -1.60. The lowest BCUT2D eigenvalue weighted by molar-refractivity contribution is -0.138. The number of aromatic nitrogens is 2. The number of aromatic carboxylic acids is 1. The van der Waals surface area contributed by atoms with Crippen molar-refractivity contribution >= 4 is 17.3 Å². The first-order chi connectivity index (χ1) is 8.38. The average molecular weight is 276 g/mol. The van der Waals surface area contributed by atoms with Crippen LogP contribution >= 0.6 is 11.3 Å². The number of hydrogen-bond donors (Lipinski definition) is 1. The van der Waals surface area contributed by atoms with Crippen LogP contribution in [0.5, 0.6) is 0 Å². The Bertz CT molecular complexity index is 560. The van der Waals surface area contributed by atoms with Crippen molar-refractivity contribution in [2.75, 3.05) is 0 Å². The third-order valence-electron chi connectivity index (χ3n) is 2.22. The maximum Gasteiger partial charge on any atom is 0.418 e. The summed E-state index contributed by atoms with van der Waals surface area (Å²) in [6.07, 6.45) is -1.40. The van der Waals surface area contributed by atoms with E-state index in [4.69, 9.17) is 5.11 Å². The molecule has 0 fully saturated rings. The van der Waals surface area contributed by atoms with Gasteiger partial charge in [-0.2, -0.15) is 13.2 Å². The van der Waals surface area contributed by atoms with Gasteiger partial charge in [0.15, 0.2) is 0 Å². The van der Waals surface area contributed by atoms with Crippen molar-refractivity contribution in [2.45, 2.75) is 12.7 Å². The second-order valence-electron chi connectivity index (χ2n) is 3.49. The molecule has 4 nitrogen and oxygen atoms in total. The average Bonchev–Trinajstić information content (AvgIpc) is 2.85. The zero-order chi connectivity index (χ0) is 13.3. The molecule has 0 spiro atoms. The maximum absolute atomic E-state index is 12.6. The van der Waals surface area contributed by atoms with Crippen LogP contribution in [0.4, 0.5) is 13.2 Å². The third-order valence-corrected chi connectivity index (χ3v) is 2.98. The van der Waals surface area contributed by atoms with Crippen molar-refractivity contribution in [1.82, 2.24) is 9.55 Å². The van der Waals surface area contributed by atoms with E-state index in [0.29, 0.717) is 5.01 Å². The molecular formula is C10H7F3N2O2S. The van der Waals surface area contributed by atoms with Crippen LogP contribution in [-0.4, -0.2) is 20.6 Å². The summed E-state index contributed by atoms with van der Waals surface area (Å²) in [5.41, 5.74) is -1.90. The van der Waals surface area contributed by atoms with Crippen LogP contribution in [0.25, 0.3) is 0 Å². The van der Waals surface area contributed by atoms with E-state index in [0.717, 1.165) is 12.4 Å². The third kappa shape index (κ3) is 2.53. The Hall–Kier alpha value is -1.83. The number of nitrogens with zero attached hydrogens (tertiary/aromatic N) is 2. The van der Waals surface area contributed by atoms with Crippen LogP contribution in [0.3, 0.4) is 0 Å². The molecule has 0 radical (unpaired) electrons. The van der Waals surface area contributed by atoms with Crippen molar-refractivity contribution in [2.24, 2.45) is 0 Å². The zero-order valence-electron chi connectivity index (χ0n) is 8.81. The number of thiazole rings is 1. The second-order valence-corrected chi connectivity index (χ2v) is 4.47. The summed E-state index contributed by atoms with van der Waals surface area (Å²) in [5, 5.41) is 11.0. The summed E-state index contributed by atoms with van der Waals surface area (Å²) in [4.78, 5) is 14.7. The molecule has 0 saturated carbocycles. The van der Waals surface area contributed by atoms with Gasteiger partial charge in [0.05, 0.1) is 17.7 Å². The fourth-order valence-corrected chi connectivity index (χ4v) is 2.11. The van der Waals surface area contributed by atoms with Gasteiger partial charge in [0, 0.05) is 24.0 Å². The molecule has 0 unspecified atom stereocenters. The first-order valence-corrected chi connectivity index (χ1v) is 5.64. The lowest BCUT2D eigenvalue weighted by atomic mass is 10.2. The smallest absolute Gasteiger partial charge is 0.418 e. The van der Waals surface area contributed by atoms with Gasteiger partial charge < -0.3 is 9.67 Å². The summed E-state index contributed by atoms with van der Waals surface area (Å²) in [6.45, 7) is 0.119. The van der Waals surface area contributed by atoms with Gasteiger partial charge in [-0.1, -0.05) is 0 Å². The topological polar surface area (TPSA) is 55.1 Å². The van der Waals surface area contributed by atoms with Crippen LogP contribution in [0, 0.1) is 0 Å². The Labute approximate surface area is 103 Å². The van der Waals surface area contributed by atoms with Gasteiger partial charge >= 0.3 is 12.1 Å². The van der Waals surface area contributed by atoms with Gasteiger partial charge in [-0.25, -0.2) is 9.78 Å². The fraction of sp³-hybridized carbons (Fsp3) is 0.200. The Morgan fingerprint density at radius 1 is 1.44 bits per heavy atom. The lowest BCUT2D eigenvalue weighted by Crippen LogP contribution is -2.09. The number of rotatable bonds is 3. The highest BCUT2D eigenvalue weighted by Gasteiger charge is 2.37. The van der Waals surface area contributed by atoms with E-state index in [9.17, 15) is 18.0 Å². The van der Waals surface area contributed by atoms with Gasteiger partial charge in [0.25, 0.3) is 0 Å². The van der Waals surface area contributed by atoms with Gasteiger partial charge in [-0.3, -0.25) is 0 Å². The van der Waals surface area contributed by atoms with E-state index in [1.54, 1.807) is 5.38 Å². The molecule has 2 aromatic rings. The fourth-order valence-electron chi connectivity index (χ4n) is 1.48. The standard InChI is InChI=1S/C10H7F3N2O2S/c11-10(12,13)7-4-15(3-6(7)9(16)17)5-8-14-1-2-18-8/h1-4H,5H2,(H,16,17). The van der Waals surface area contributed by atoms with Crippen molar-refractivity contribution in [1.29, 1.82) is 0 Å². The Morgan fingerprint density at radius 3 is 2.61 bits per heavy atom. The van der Waals surface area contributed by atoms with E-state index in [1.165, 1.54) is 22.1 Å². The first kappa shape index (κ1) is 12.6. The normalized spacial score (nSPS) is 11.7. The molecule has 2 heterocycles. The van der Waals surface area contributed by atoms with E-state index in [2.05, 4.69) is 4.98 Å². The molecule has 0 bridgehead atoms. The van der Waals surface area contributed by atoms with Crippen molar-refractivity contribution in [3.8, 4) is 0 Å². The Kier molecular flexibility index (Phi) is 3.12. The summed E-state index contributed by atoms with van der Waals surface area (Å²) < 4.78 is 39.0. The number of halogens is 3. The SMILES string of the molecule is O=C(O)c1cn(Cc2nccs2)cc1C(F)(F)F. The minimum atomic E-state index is -4.68. The van der Waals surface area contributed by atoms with Gasteiger partial charge in [-0.05, 0) is 0 Å². The molecule has 1 N–H and O–H groups in total. The van der Waals surface area contributed by atoms with Gasteiger partial charge in [0.1, 0.15) is 5.01 Å². The second kappa shape index (κ2) is 4.45. The van der Waals surface area contributed by atoms with E-state index < -0.39 is 23.3 Å². The monoisotopic (exact) mass is 276 g/mol. The number of carbonyl (C=O) groups is 1. The predicted molar refractivity (Wildman–Crippen MR) is 57.6 cm³/mol.